The van der Waals surface area contributed by atoms with E-state index in [9.17, 15) is 4.79 Å². The number of aliphatic imine (C=N–C) groups is 1. The zero-order chi connectivity index (χ0) is 26.2. The first-order valence-electron chi connectivity index (χ1n) is 13.3. The van der Waals surface area contributed by atoms with Gasteiger partial charge in [0.05, 0.1) is 17.9 Å². The Morgan fingerprint density at radius 3 is 2.78 bits per heavy atom. The third kappa shape index (κ3) is 5.39. The van der Waals surface area contributed by atoms with Crippen molar-refractivity contribution in [1.82, 2.24) is 24.9 Å². The molecular weight excluding hydrogens is 484 g/mol. The number of aryl methyl sites for hydroxylation is 1. The highest BCUT2D eigenvalue weighted by molar-refractivity contribution is 6.30. The minimum atomic E-state index is -0.529. The topological polar surface area (TPSA) is 65.8 Å². The standard InChI is InChI=1S/C29H37ClN6O/c1-20-8-9-21(2)27(32-22(3)16-20)35-13-10-29(11-14-35)28(37)36(15-12-31-29)19-26-25(18-34(4)33-26)23-6-5-7-24(30)17-23/h5-7,16-18,21,31H,3,8-15,19H2,1-2,4H3/b20-16-,32-27?. The van der Waals surface area contributed by atoms with Crippen LogP contribution in [0.25, 0.3) is 11.1 Å². The summed E-state index contributed by atoms with van der Waals surface area (Å²) in [5, 5.41) is 9.00. The highest BCUT2D eigenvalue weighted by Gasteiger charge is 2.46. The van der Waals surface area contributed by atoms with E-state index in [4.69, 9.17) is 21.7 Å². The highest BCUT2D eigenvalue weighted by Crippen LogP contribution is 2.32. The molecule has 1 unspecified atom stereocenters. The van der Waals surface area contributed by atoms with Gasteiger partial charge >= 0.3 is 0 Å². The van der Waals surface area contributed by atoms with Crippen LogP contribution >= 0.6 is 11.6 Å². The molecule has 4 heterocycles. The lowest BCUT2D eigenvalue weighted by Gasteiger charge is -2.48. The predicted octanol–water partition coefficient (Wildman–Crippen LogP) is 4.80. The Balaban J connectivity index is 1.31. The normalized spacial score (nSPS) is 23.9. The number of hydrogen-bond acceptors (Lipinski definition) is 5. The van der Waals surface area contributed by atoms with Crippen LogP contribution in [0.2, 0.25) is 5.02 Å². The maximum atomic E-state index is 13.9. The van der Waals surface area contributed by atoms with Crippen LogP contribution in [0.15, 0.2) is 59.4 Å². The molecule has 3 aliphatic rings. The van der Waals surface area contributed by atoms with Gasteiger partial charge in [0.2, 0.25) is 5.91 Å². The number of carbonyl (C=O) groups is 1. The van der Waals surface area contributed by atoms with E-state index in [0.717, 1.165) is 73.7 Å². The van der Waals surface area contributed by atoms with Gasteiger partial charge in [-0.15, -0.1) is 0 Å². The Morgan fingerprint density at radius 1 is 1.24 bits per heavy atom. The lowest BCUT2D eigenvalue weighted by atomic mass is 9.83. The first kappa shape index (κ1) is 25.7. The number of likely N-dealkylation sites (tertiary alicyclic amines) is 1. The van der Waals surface area contributed by atoms with Gasteiger partial charge in [0.25, 0.3) is 0 Å². The van der Waals surface area contributed by atoms with E-state index in [2.05, 4.69) is 36.7 Å². The van der Waals surface area contributed by atoms with E-state index < -0.39 is 5.54 Å². The maximum absolute atomic E-state index is 13.9. The SMILES string of the molecule is C=C1/C=C(/C)CCC(C)C(N2CCC3(CC2)NCCN(Cc2nn(C)cc2-c2cccc(Cl)c2)C3=O)=N1. The molecule has 0 radical (unpaired) electrons. The fourth-order valence-corrected chi connectivity index (χ4v) is 6.09. The number of piperidine rings is 1. The number of hydrogen-bond donors (Lipinski definition) is 1. The molecule has 196 valence electrons. The quantitative estimate of drug-likeness (QED) is 0.631. The number of allylic oxidation sites excluding steroid dienone is 2. The van der Waals surface area contributed by atoms with Crippen LogP contribution in [0.4, 0.5) is 0 Å². The fourth-order valence-electron chi connectivity index (χ4n) is 5.90. The summed E-state index contributed by atoms with van der Waals surface area (Å²) in [5.41, 5.74) is 4.55. The summed E-state index contributed by atoms with van der Waals surface area (Å²) >= 11 is 6.25. The molecule has 37 heavy (non-hydrogen) atoms. The van der Waals surface area contributed by atoms with E-state index in [1.165, 1.54) is 5.57 Å². The van der Waals surface area contributed by atoms with E-state index in [1.807, 2.05) is 47.1 Å². The third-order valence-electron chi connectivity index (χ3n) is 7.95. The molecule has 8 heteroatoms. The molecule has 0 saturated carbocycles. The number of halogens is 1. The molecular formula is C29H37ClN6O. The Kier molecular flexibility index (Phi) is 7.28. The van der Waals surface area contributed by atoms with Crippen LogP contribution in [0.1, 0.15) is 45.2 Å². The molecule has 7 nitrogen and oxygen atoms in total. The number of nitrogens with one attached hydrogen (secondary N) is 1. The summed E-state index contributed by atoms with van der Waals surface area (Å²) in [7, 11) is 1.92. The molecule has 3 aliphatic heterocycles. The molecule has 5 rings (SSSR count). The van der Waals surface area contributed by atoms with Crippen molar-refractivity contribution in [2.45, 2.75) is 51.6 Å². The molecule has 1 aromatic carbocycles. The Hall–Kier alpha value is -2.90. The second kappa shape index (κ2) is 10.5. The molecule has 2 aromatic rings. The molecule has 1 atom stereocenters. The summed E-state index contributed by atoms with van der Waals surface area (Å²) in [6.45, 7) is 12.1. The summed E-state index contributed by atoms with van der Waals surface area (Å²) in [4.78, 5) is 23.1. The van der Waals surface area contributed by atoms with Crippen LogP contribution in [0.5, 0.6) is 0 Å². The van der Waals surface area contributed by atoms with Gasteiger partial charge in [0.1, 0.15) is 11.4 Å². The van der Waals surface area contributed by atoms with Crippen molar-refractivity contribution in [3.05, 3.63) is 65.1 Å². The number of nitrogens with zero attached hydrogens (tertiary/aromatic N) is 5. The van der Waals surface area contributed by atoms with Crippen molar-refractivity contribution in [3.63, 3.8) is 0 Å². The Labute approximate surface area is 224 Å². The van der Waals surface area contributed by atoms with E-state index in [1.54, 1.807) is 0 Å². The number of carbonyl (C=O) groups excluding carboxylic acids is 1. The Bertz CT molecular complexity index is 1250. The molecule has 1 N–H and O–H groups in total. The second-order valence-electron chi connectivity index (χ2n) is 10.8. The zero-order valence-corrected chi connectivity index (χ0v) is 22.9. The molecule has 2 saturated heterocycles. The van der Waals surface area contributed by atoms with E-state index >= 15 is 0 Å². The van der Waals surface area contributed by atoms with Gasteiger partial charge in [0, 0.05) is 55.9 Å². The number of amidine groups is 1. The van der Waals surface area contributed by atoms with Crippen LogP contribution in [-0.2, 0) is 18.4 Å². The predicted molar refractivity (Wildman–Crippen MR) is 149 cm³/mol. The van der Waals surface area contributed by atoms with Gasteiger partial charge in [-0.1, -0.05) is 42.8 Å². The molecule has 1 spiro atoms. The van der Waals surface area contributed by atoms with Gasteiger partial charge in [-0.25, -0.2) is 4.99 Å². The van der Waals surface area contributed by atoms with Crippen molar-refractivity contribution in [2.24, 2.45) is 18.0 Å². The number of amides is 1. The van der Waals surface area contributed by atoms with Crippen molar-refractivity contribution in [2.75, 3.05) is 26.2 Å². The van der Waals surface area contributed by atoms with Crippen molar-refractivity contribution in [1.29, 1.82) is 0 Å². The van der Waals surface area contributed by atoms with Gasteiger partial charge in [-0.2, -0.15) is 5.10 Å². The maximum Gasteiger partial charge on any atom is 0.243 e. The molecule has 0 bridgehead atoms. The summed E-state index contributed by atoms with van der Waals surface area (Å²) in [5.74, 6) is 1.66. The zero-order valence-electron chi connectivity index (χ0n) is 22.1. The third-order valence-corrected chi connectivity index (χ3v) is 8.18. The average Bonchev–Trinajstić information content (AvgIpc) is 3.24. The first-order valence-corrected chi connectivity index (χ1v) is 13.6. The molecule has 1 amide bonds. The van der Waals surface area contributed by atoms with E-state index in [0.29, 0.717) is 24.0 Å². The average molecular weight is 521 g/mol. The molecule has 1 aromatic heterocycles. The molecule has 0 aliphatic carbocycles. The first-order chi connectivity index (χ1) is 17.7. The second-order valence-corrected chi connectivity index (χ2v) is 11.2. The van der Waals surface area contributed by atoms with Gasteiger partial charge in [0.15, 0.2) is 0 Å². The Morgan fingerprint density at radius 2 is 2.03 bits per heavy atom. The minimum absolute atomic E-state index is 0.178. The monoisotopic (exact) mass is 520 g/mol. The van der Waals surface area contributed by atoms with Crippen molar-refractivity contribution < 1.29 is 4.79 Å². The van der Waals surface area contributed by atoms with Crippen LogP contribution in [0, 0.1) is 5.92 Å². The summed E-state index contributed by atoms with van der Waals surface area (Å²) < 4.78 is 1.81. The fraction of sp³-hybridized carbons (Fsp3) is 0.483. The van der Waals surface area contributed by atoms with Crippen LogP contribution in [-0.4, -0.2) is 63.0 Å². The van der Waals surface area contributed by atoms with Crippen molar-refractivity contribution >= 4 is 23.3 Å². The van der Waals surface area contributed by atoms with Crippen LogP contribution < -0.4 is 5.32 Å². The van der Waals surface area contributed by atoms with Crippen LogP contribution in [0.3, 0.4) is 0 Å². The number of piperazine rings is 1. The van der Waals surface area contributed by atoms with Gasteiger partial charge < -0.3 is 15.1 Å². The highest BCUT2D eigenvalue weighted by atomic mass is 35.5. The van der Waals surface area contributed by atoms with Crippen molar-refractivity contribution in [3.8, 4) is 11.1 Å². The van der Waals surface area contributed by atoms with Gasteiger partial charge in [-0.3, -0.25) is 9.48 Å². The number of aromatic nitrogens is 2. The van der Waals surface area contributed by atoms with Gasteiger partial charge in [-0.05, 0) is 56.4 Å². The lowest BCUT2D eigenvalue weighted by molar-refractivity contribution is -0.144. The number of rotatable bonds is 3. The lowest BCUT2D eigenvalue weighted by Crippen LogP contribution is -2.67. The number of benzene rings is 1. The minimum Gasteiger partial charge on any atom is -0.360 e. The summed E-state index contributed by atoms with van der Waals surface area (Å²) in [6.07, 6.45) is 7.77. The molecule has 2 fully saturated rings. The summed E-state index contributed by atoms with van der Waals surface area (Å²) in [6, 6.07) is 7.80. The van der Waals surface area contributed by atoms with E-state index in [-0.39, 0.29) is 5.91 Å². The smallest absolute Gasteiger partial charge is 0.243 e. The largest absolute Gasteiger partial charge is 0.360 e.